The molecule has 0 saturated heterocycles. The van der Waals surface area contributed by atoms with Crippen molar-refractivity contribution < 1.29 is 4.42 Å². The Balaban J connectivity index is 1.11. The van der Waals surface area contributed by atoms with Crippen molar-refractivity contribution >= 4 is 60.8 Å². The predicted octanol–water partition coefficient (Wildman–Crippen LogP) is 16.8. The van der Waals surface area contributed by atoms with Gasteiger partial charge in [-0.3, -0.25) is 0 Å². The van der Waals surface area contributed by atoms with Crippen LogP contribution in [0.2, 0.25) is 0 Å². The van der Waals surface area contributed by atoms with Gasteiger partial charge in [0.05, 0.1) is 16.7 Å². The first-order valence-electron chi connectivity index (χ1n) is 21.5. The van der Waals surface area contributed by atoms with Crippen molar-refractivity contribution in [3.63, 3.8) is 0 Å². The van der Waals surface area contributed by atoms with Gasteiger partial charge in [-0.05, 0) is 94.0 Å². The Hall–Kier alpha value is -8.40. The van der Waals surface area contributed by atoms with E-state index in [0.29, 0.717) is 0 Å². The first kappa shape index (κ1) is 36.5. The molecule has 0 fully saturated rings. The number of para-hydroxylation sites is 4. The van der Waals surface area contributed by atoms with Gasteiger partial charge in [-0.15, -0.1) is 0 Å². The van der Waals surface area contributed by atoms with Crippen LogP contribution in [0.1, 0.15) is 0 Å². The molecule has 10 aromatic carbocycles. The van der Waals surface area contributed by atoms with Crippen LogP contribution >= 0.6 is 0 Å². The molecule has 296 valence electrons. The molecular formula is C60H40N2O. The zero-order chi connectivity index (χ0) is 41.7. The van der Waals surface area contributed by atoms with Crippen molar-refractivity contribution in [2.45, 2.75) is 0 Å². The van der Waals surface area contributed by atoms with Crippen molar-refractivity contribution in [2.75, 3.05) is 4.90 Å². The highest BCUT2D eigenvalue weighted by Gasteiger charge is 2.24. The van der Waals surface area contributed by atoms with Crippen molar-refractivity contribution in [3.8, 4) is 50.2 Å². The number of furan rings is 1. The molecule has 2 aromatic heterocycles. The average molecular weight is 805 g/mol. The number of hydrogen-bond donors (Lipinski definition) is 0. The Morgan fingerprint density at radius 3 is 1.40 bits per heavy atom. The summed E-state index contributed by atoms with van der Waals surface area (Å²) in [5.74, 6) is 0. The summed E-state index contributed by atoms with van der Waals surface area (Å²) in [6, 6.07) is 87.1. The third-order valence-electron chi connectivity index (χ3n) is 12.4. The highest BCUT2D eigenvalue weighted by molar-refractivity contribution is 6.16. The summed E-state index contributed by atoms with van der Waals surface area (Å²) in [5.41, 5.74) is 17.5. The Morgan fingerprint density at radius 1 is 0.317 bits per heavy atom. The molecule has 0 spiro atoms. The number of fused-ring (bicyclic) bond motifs is 6. The highest BCUT2D eigenvalue weighted by atomic mass is 16.3. The second kappa shape index (κ2) is 15.3. The van der Waals surface area contributed by atoms with Crippen LogP contribution in [-0.4, -0.2) is 4.57 Å². The van der Waals surface area contributed by atoms with Gasteiger partial charge in [0.2, 0.25) is 0 Å². The Labute approximate surface area is 366 Å². The third kappa shape index (κ3) is 6.38. The van der Waals surface area contributed by atoms with Crippen LogP contribution in [0.3, 0.4) is 0 Å². The van der Waals surface area contributed by atoms with Gasteiger partial charge in [-0.1, -0.05) is 182 Å². The maximum atomic E-state index is 6.80. The van der Waals surface area contributed by atoms with Gasteiger partial charge in [0, 0.05) is 49.7 Å². The number of rotatable bonds is 8. The lowest BCUT2D eigenvalue weighted by Crippen LogP contribution is -2.11. The Kier molecular flexibility index (Phi) is 8.83. The number of nitrogens with zero attached hydrogens (tertiary/aromatic N) is 2. The number of anilines is 3. The lowest BCUT2D eigenvalue weighted by molar-refractivity contribution is 0.670. The zero-order valence-electron chi connectivity index (χ0n) is 34.4. The zero-order valence-corrected chi connectivity index (χ0v) is 34.4. The van der Waals surface area contributed by atoms with E-state index >= 15 is 0 Å². The predicted molar refractivity (Wildman–Crippen MR) is 264 cm³/mol. The molecule has 12 aromatic rings. The van der Waals surface area contributed by atoms with Crippen molar-refractivity contribution in [1.82, 2.24) is 4.57 Å². The summed E-state index contributed by atoms with van der Waals surface area (Å²) in [4.78, 5) is 2.42. The van der Waals surface area contributed by atoms with Gasteiger partial charge in [-0.2, -0.15) is 0 Å². The van der Waals surface area contributed by atoms with Crippen LogP contribution in [0.15, 0.2) is 247 Å². The van der Waals surface area contributed by atoms with Crippen LogP contribution < -0.4 is 4.90 Å². The minimum atomic E-state index is 0.875. The van der Waals surface area contributed by atoms with Crippen LogP contribution in [0.25, 0.3) is 93.9 Å². The molecule has 0 N–H and O–H groups in total. The van der Waals surface area contributed by atoms with Gasteiger partial charge in [-0.25, -0.2) is 0 Å². The standard InChI is InChI=1S/C60H40N2O/c1-4-15-41(16-5-1)43-27-29-44(30-28-43)46-33-37-49(38-34-46)61(48-35-31-45(32-36-48)42-17-6-2-7-18-42)57-40-58-54(50-21-10-12-25-56(50)62(58)47-19-8-3-9-20-47)39-55(57)53-24-14-23-52-51-22-11-13-26-59(51)63-60(52)53/h1-40H. The molecule has 0 bridgehead atoms. The van der Waals surface area contributed by atoms with Crippen LogP contribution in [0.5, 0.6) is 0 Å². The normalized spacial score (nSPS) is 11.5. The summed E-state index contributed by atoms with van der Waals surface area (Å²) in [6.07, 6.45) is 0. The van der Waals surface area contributed by atoms with Gasteiger partial charge in [0.15, 0.2) is 0 Å². The van der Waals surface area contributed by atoms with E-state index in [1.807, 2.05) is 6.07 Å². The summed E-state index contributed by atoms with van der Waals surface area (Å²) in [7, 11) is 0. The van der Waals surface area contributed by atoms with E-state index in [-0.39, 0.29) is 0 Å². The fourth-order valence-corrected chi connectivity index (χ4v) is 9.37. The molecule has 3 heteroatoms. The minimum Gasteiger partial charge on any atom is -0.455 e. The van der Waals surface area contributed by atoms with E-state index in [9.17, 15) is 0 Å². The number of hydrogen-bond acceptors (Lipinski definition) is 2. The molecule has 63 heavy (non-hydrogen) atoms. The third-order valence-corrected chi connectivity index (χ3v) is 12.4. The van der Waals surface area contributed by atoms with Gasteiger partial charge in [0.1, 0.15) is 11.2 Å². The fourth-order valence-electron chi connectivity index (χ4n) is 9.37. The molecule has 0 aliphatic carbocycles. The maximum absolute atomic E-state index is 6.80. The first-order chi connectivity index (χ1) is 31.2. The van der Waals surface area contributed by atoms with E-state index in [2.05, 4.69) is 246 Å². The highest BCUT2D eigenvalue weighted by Crippen LogP contribution is 2.48. The topological polar surface area (TPSA) is 21.3 Å². The number of aromatic nitrogens is 1. The van der Waals surface area contributed by atoms with E-state index in [1.165, 1.54) is 38.6 Å². The molecule has 0 radical (unpaired) electrons. The molecule has 0 aliphatic rings. The summed E-state index contributed by atoms with van der Waals surface area (Å²) >= 11 is 0. The van der Waals surface area contributed by atoms with E-state index in [4.69, 9.17) is 4.42 Å². The van der Waals surface area contributed by atoms with E-state index in [1.54, 1.807) is 0 Å². The quantitative estimate of drug-likeness (QED) is 0.153. The average Bonchev–Trinajstić information content (AvgIpc) is 3.91. The fraction of sp³-hybridized carbons (Fsp3) is 0. The van der Waals surface area contributed by atoms with Crippen LogP contribution in [0.4, 0.5) is 17.1 Å². The van der Waals surface area contributed by atoms with Crippen molar-refractivity contribution in [2.24, 2.45) is 0 Å². The van der Waals surface area contributed by atoms with Gasteiger partial charge < -0.3 is 13.9 Å². The molecular weight excluding hydrogens is 765 g/mol. The summed E-state index contributed by atoms with van der Waals surface area (Å²) in [5, 5.41) is 4.58. The molecule has 2 heterocycles. The second-order valence-corrected chi connectivity index (χ2v) is 16.1. The van der Waals surface area contributed by atoms with Crippen LogP contribution in [-0.2, 0) is 0 Å². The second-order valence-electron chi connectivity index (χ2n) is 16.1. The molecule has 0 amide bonds. The molecule has 0 unspecified atom stereocenters. The first-order valence-corrected chi connectivity index (χ1v) is 21.5. The molecule has 3 nitrogen and oxygen atoms in total. The summed E-state index contributed by atoms with van der Waals surface area (Å²) in [6.45, 7) is 0. The Morgan fingerprint density at radius 2 is 0.794 bits per heavy atom. The largest absolute Gasteiger partial charge is 0.455 e. The molecule has 12 rings (SSSR count). The Bertz CT molecular complexity index is 3570. The molecule has 0 atom stereocenters. The number of benzene rings is 10. The van der Waals surface area contributed by atoms with E-state index < -0.39 is 0 Å². The van der Waals surface area contributed by atoms with Crippen molar-refractivity contribution in [3.05, 3.63) is 243 Å². The maximum Gasteiger partial charge on any atom is 0.143 e. The van der Waals surface area contributed by atoms with Crippen molar-refractivity contribution in [1.29, 1.82) is 0 Å². The van der Waals surface area contributed by atoms with E-state index in [0.717, 1.165) is 72.4 Å². The minimum absolute atomic E-state index is 0.875. The van der Waals surface area contributed by atoms with Crippen LogP contribution in [0, 0.1) is 0 Å². The smallest absolute Gasteiger partial charge is 0.143 e. The summed E-state index contributed by atoms with van der Waals surface area (Å²) < 4.78 is 9.20. The lowest BCUT2D eigenvalue weighted by atomic mass is 9.96. The van der Waals surface area contributed by atoms with Gasteiger partial charge in [0.25, 0.3) is 0 Å². The SMILES string of the molecule is c1ccc(-c2ccc(-c3ccc(N(c4ccc(-c5ccccc5)cc4)c4cc5c(cc4-c4cccc6c4oc4ccccc46)c4ccccc4n5-c4ccccc4)cc3)cc2)cc1. The lowest BCUT2D eigenvalue weighted by Gasteiger charge is -2.29. The molecule has 0 saturated carbocycles. The monoisotopic (exact) mass is 804 g/mol. The molecule has 0 aliphatic heterocycles. The van der Waals surface area contributed by atoms with Gasteiger partial charge >= 0.3 is 0 Å².